The molecule has 0 saturated heterocycles. The molecule has 0 aliphatic heterocycles. The third-order valence-corrected chi connectivity index (χ3v) is 2.22. The molecule has 0 aromatic heterocycles. The van der Waals surface area contributed by atoms with Gasteiger partial charge in [-0.2, -0.15) is 13.2 Å². The zero-order valence-electron chi connectivity index (χ0n) is 8.99. The molecule has 0 heterocycles. The molecule has 5 heteroatoms. The highest BCUT2D eigenvalue weighted by molar-refractivity contribution is 4.80. The molecule has 0 aromatic carbocycles. The maximum absolute atomic E-state index is 11.9. The Morgan fingerprint density at radius 2 is 1.79 bits per heavy atom. The van der Waals surface area contributed by atoms with Crippen molar-refractivity contribution >= 4 is 0 Å². The molecule has 0 aliphatic carbocycles. The van der Waals surface area contributed by atoms with Gasteiger partial charge >= 0.3 is 6.18 Å². The van der Waals surface area contributed by atoms with Crippen molar-refractivity contribution < 1.29 is 13.2 Å². The van der Waals surface area contributed by atoms with Crippen LogP contribution in [0, 0.1) is 0 Å². The van der Waals surface area contributed by atoms with E-state index in [1.807, 2.05) is 13.8 Å². The Kier molecular flexibility index (Phi) is 4.88. The first kappa shape index (κ1) is 13.7. The molecule has 0 fully saturated rings. The van der Waals surface area contributed by atoms with E-state index in [4.69, 9.17) is 5.73 Å². The maximum atomic E-state index is 11.9. The van der Waals surface area contributed by atoms with E-state index < -0.39 is 18.1 Å². The molecule has 2 N–H and O–H groups in total. The minimum absolute atomic E-state index is 0.0102. The summed E-state index contributed by atoms with van der Waals surface area (Å²) < 4.78 is 35.6. The minimum atomic E-state index is -4.08. The molecule has 1 unspecified atom stereocenters. The van der Waals surface area contributed by atoms with Crippen LogP contribution in [0.3, 0.4) is 0 Å². The normalized spacial score (nSPS) is 17.1. The summed E-state index contributed by atoms with van der Waals surface area (Å²) in [6.45, 7) is 4.27. The van der Waals surface area contributed by atoms with Crippen LogP contribution < -0.4 is 5.73 Å². The molecule has 2 nitrogen and oxygen atoms in total. The van der Waals surface area contributed by atoms with Gasteiger partial charge in [-0.15, -0.1) is 0 Å². The number of alkyl halides is 3. The highest BCUT2D eigenvalue weighted by Crippen LogP contribution is 2.19. The first-order valence-corrected chi connectivity index (χ1v) is 4.70. The summed E-state index contributed by atoms with van der Waals surface area (Å²) in [7, 11) is 1.66. The second-order valence-corrected chi connectivity index (χ2v) is 4.11. The summed E-state index contributed by atoms with van der Waals surface area (Å²) in [5.41, 5.74) is 5.43. The van der Waals surface area contributed by atoms with Crippen molar-refractivity contribution in [1.82, 2.24) is 4.90 Å². The highest BCUT2D eigenvalue weighted by atomic mass is 19.4. The van der Waals surface area contributed by atoms with Gasteiger partial charge in [0.1, 0.15) is 0 Å². The standard InChI is InChI=1S/C9H19F3N2/c1-4-8(2,13)7-14(3)6-5-9(10,11)12/h4-7,13H2,1-3H3. The average molecular weight is 212 g/mol. The third kappa shape index (κ3) is 7.15. The van der Waals surface area contributed by atoms with Gasteiger partial charge in [-0.1, -0.05) is 6.92 Å². The van der Waals surface area contributed by atoms with E-state index in [1.54, 1.807) is 11.9 Å². The van der Waals surface area contributed by atoms with Crippen LogP contribution in [0.2, 0.25) is 0 Å². The molecule has 0 radical (unpaired) electrons. The van der Waals surface area contributed by atoms with E-state index in [9.17, 15) is 13.2 Å². The van der Waals surface area contributed by atoms with Crippen LogP contribution in [0.1, 0.15) is 26.7 Å². The second-order valence-electron chi connectivity index (χ2n) is 4.11. The number of likely N-dealkylation sites (N-methyl/N-ethyl adjacent to an activating group) is 1. The van der Waals surface area contributed by atoms with E-state index in [0.29, 0.717) is 6.54 Å². The van der Waals surface area contributed by atoms with Gasteiger partial charge in [0.05, 0.1) is 6.42 Å². The fraction of sp³-hybridized carbons (Fsp3) is 1.00. The number of nitrogens with zero attached hydrogens (tertiary/aromatic N) is 1. The number of hydrogen-bond acceptors (Lipinski definition) is 2. The summed E-state index contributed by atoms with van der Waals surface area (Å²) in [6, 6.07) is 0. The largest absolute Gasteiger partial charge is 0.390 e. The van der Waals surface area contributed by atoms with Crippen molar-refractivity contribution in [3.63, 3.8) is 0 Å². The summed E-state index contributed by atoms with van der Waals surface area (Å²) in [6.07, 6.45) is -4.10. The lowest BCUT2D eigenvalue weighted by Gasteiger charge is -2.29. The van der Waals surface area contributed by atoms with Crippen molar-refractivity contribution in [1.29, 1.82) is 0 Å². The zero-order valence-corrected chi connectivity index (χ0v) is 8.99. The average Bonchev–Trinajstić information content (AvgIpc) is 1.99. The Morgan fingerprint density at radius 3 is 2.14 bits per heavy atom. The van der Waals surface area contributed by atoms with Gasteiger partial charge in [-0.25, -0.2) is 0 Å². The Labute approximate surface area is 83.3 Å². The molecule has 86 valence electrons. The van der Waals surface area contributed by atoms with Crippen LogP contribution in [-0.4, -0.2) is 36.8 Å². The monoisotopic (exact) mass is 212 g/mol. The van der Waals surface area contributed by atoms with Crippen molar-refractivity contribution in [2.45, 2.75) is 38.4 Å². The van der Waals surface area contributed by atoms with Gasteiger partial charge in [0.2, 0.25) is 0 Å². The molecule has 0 saturated carbocycles. The van der Waals surface area contributed by atoms with Crippen LogP contribution in [0.15, 0.2) is 0 Å². The molecule has 0 amide bonds. The Bertz CT molecular complexity index is 166. The molecule has 14 heavy (non-hydrogen) atoms. The highest BCUT2D eigenvalue weighted by Gasteiger charge is 2.28. The van der Waals surface area contributed by atoms with Crippen LogP contribution in [0.4, 0.5) is 13.2 Å². The zero-order chi connectivity index (χ0) is 11.4. The predicted octanol–water partition coefficient (Wildman–Crippen LogP) is 2.00. The van der Waals surface area contributed by atoms with Crippen molar-refractivity contribution in [2.75, 3.05) is 20.1 Å². The summed E-state index contributed by atoms with van der Waals surface area (Å²) in [4.78, 5) is 1.62. The van der Waals surface area contributed by atoms with Crippen molar-refractivity contribution in [3.05, 3.63) is 0 Å². The molecule has 0 aromatic rings. The van der Waals surface area contributed by atoms with E-state index in [2.05, 4.69) is 0 Å². The predicted molar refractivity (Wildman–Crippen MR) is 51.1 cm³/mol. The van der Waals surface area contributed by atoms with E-state index in [1.165, 1.54) is 0 Å². The van der Waals surface area contributed by atoms with Crippen LogP contribution in [-0.2, 0) is 0 Å². The van der Waals surface area contributed by atoms with E-state index >= 15 is 0 Å². The summed E-state index contributed by atoms with van der Waals surface area (Å²) in [5.74, 6) is 0. The van der Waals surface area contributed by atoms with Gasteiger partial charge in [0.25, 0.3) is 0 Å². The maximum Gasteiger partial charge on any atom is 0.390 e. The molecular formula is C9H19F3N2. The minimum Gasteiger partial charge on any atom is -0.324 e. The van der Waals surface area contributed by atoms with Crippen LogP contribution in [0.5, 0.6) is 0 Å². The molecule has 0 spiro atoms. The second kappa shape index (κ2) is 4.98. The van der Waals surface area contributed by atoms with E-state index in [-0.39, 0.29) is 6.54 Å². The lowest BCUT2D eigenvalue weighted by atomic mass is 10.00. The number of hydrogen-bond donors (Lipinski definition) is 1. The molecule has 0 bridgehead atoms. The lowest BCUT2D eigenvalue weighted by Crippen LogP contribution is -2.46. The Morgan fingerprint density at radius 1 is 1.29 bits per heavy atom. The molecular weight excluding hydrogens is 193 g/mol. The van der Waals surface area contributed by atoms with Gasteiger partial charge in [-0.3, -0.25) is 0 Å². The first-order valence-electron chi connectivity index (χ1n) is 4.70. The third-order valence-electron chi connectivity index (χ3n) is 2.22. The smallest absolute Gasteiger partial charge is 0.324 e. The molecule has 1 atom stereocenters. The Hall–Kier alpha value is -0.290. The van der Waals surface area contributed by atoms with Gasteiger partial charge in [0, 0.05) is 18.6 Å². The Balaban J connectivity index is 3.82. The van der Waals surface area contributed by atoms with Crippen LogP contribution in [0.25, 0.3) is 0 Å². The van der Waals surface area contributed by atoms with E-state index in [0.717, 1.165) is 6.42 Å². The summed E-state index contributed by atoms with van der Waals surface area (Å²) in [5, 5.41) is 0. The molecule has 0 aliphatic rings. The number of nitrogens with two attached hydrogens (primary N) is 1. The number of halogens is 3. The van der Waals surface area contributed by atoms with Crippen LogP contribution >= 0.6 is 0 Å². The first-order chi connectivity index (χ1) is 6.16. The number of rotatable bonds is 5. The van der Waals surface area contributed by atoms with Gasteiger partial charge < -0.3 is 10.6 Å². The van der Waals surface area contributed by atoms with Gasteiger partial charge in [0.15, 0.2) is 0 Å². The van der Waals surface area contributed by atoms with Crippen molar-refractivity contribution in [2.24, 2.45) is 5.73 Å². The SMILES string of the molecule is CCC(C)(N)CN(C)CCC(F)(F)F. The van der Waals surface area contributed by atoms with Crippen molar-refractivity contribution in [3.8, 4) is 0 Å². The molecule has 0 rings (SSSR count). The van der Waals surface area contributed by atoms with Gasteiger partial charge in [-0.05, 0) is 20.4 Å². The lowest BCUT2D eigenvalue weighted by molar-refractivity contribution is -0.137. The fourth-order valence-electron chi connectivity index (χ4n) is 1.13. The quantitative estimate of drug-likeness (QED) is 0.755. The topological polar surface area (TPSA) is 29.3 Å². The fourth-order valence-corrected chi connectivity index (χ4v) is 1.13. The summed E-state index contributed by atoms with van der Waals surface area (Å²) >= 11 is 0.